The summed E-state index contributed by atoms with van der Waals surface area (Å²) in [6.45, 7) is 25.5. The number of rotatable bonds is 6. The zero-order chi connectivity index (χ0) is 19.9. The van der Waals surface area contributed by atoms with Gasteiger partial charge in [-0.2, -0.15) is 12.6 Å². The first-order valence-corrected chi connectivity index (χ1v) is 10.7. The number of hydrogen-bond donors (Lipinski definition) is 2. The van der Waals surface area contributed by atoms with Crippen molar-refractivity contribution in [3.05, 3.63) is 0 Å². The fourth-order valence-corrected chi connectivity index (χ4v) is 8.73. The van der Waals surface area contributed by atoms with Gasteiger partial charge in [-0.25, -0.2) is 0 Å². The molecule has 5 atom stereocenters. The van der Waals surface area contributed by atoms with E-state index in [4.69, 9.17) is 12.6 Å². The maximum absolute atomic E-state index is 10.6. The maximum atomic E-state index is 10.6. The summed E-state index contributed by atoms with van der Waals surface area (Å²) in [5.74, 6) is 2.27. The Bertz CT molecular complexity index is 489. The standard InChI is InChI=1S/C23H44OS/c1-15(2)16-17-21(16,10)14-23(17,19(6,7)12-18(3,4)5)22(11,25)13-20(8,9)24/h15-17,24-25H,12-14H2,1-11H3. The summed E-state index contributed by atoms with van der Waals surface area (Å²) in [6, 6.07) is 0. The number of aliphatic hydroxyl groups is 1. The molecule has 1 nitrogen and oxygen atoms in total. The molecule has 1 N–H and O–H groups in total. The third kappa shape index (κ3) is 3.33. The fourth-order valence-electron chi connectivity index (χ4n) is 7.82. The molecule has 0 saturated heterocycles. The van der Waals surface area contributed by atoms with Crippen molar-refractivity contribution in [1.82, 2.24) is 0 Å². The molecule has 0 heterocycles. The van der Waals surface area contributed by atoms with E-state index in [0.29, 0.717) is 10.8 Å². The molecular weight excluding hydrogens is 324 g/mol. The largest absolute Gasteiger partial charge is 0.390 e. The van der Waals surface area contributed by atoms with Gasteiger partial charge in [0.25, 0.3) is 0 Å². The first-order valence-electron chi connectivity index (χ1n) is 10.3. The highest BCUT2D eigenvalue weighted by molar-refractivity contribution is 7.81. The van der Waals surface area contributed by atoms with E-state index in [-0.39, 0.29) is 15.6 Å². The molecule has 5 unspecified atom stereocenters. The second-order valence-corrected chi connectivity index (χ2v) is 13.8. The summed E-state index contributed by atoms with van der Waals surface area (Å²) < 4.78 is -0.173. The van der Waals surface area contributed by atoms with Gasteiger partial charge in [-0.1, -0.05) is 62.3 Å². The topological polar surface area (TPSA) is 20.2 Å². The van der Waals surface area contributed by atoms with E-state index in [1.165, 1.54) is 12.8 Å². The first kappa shape index (κ1) is 21.6. The van der Waals surface area contributed by atoms with Gasteiger partial charge in [0.1, 0.15) is 0 Å². The zero-order valence-electron chi connectivity index (χ0n) is 18.7. The normalized spacial score (nSPS) is 38.2. The molecule has 2 fully saturated rings. The Morgan fingerprint density at radius 2 is 1.48 bits per heavy atom. The second kappa shape index (κ2) is 5.66. The van der Waals surface area contributed by atoms with Crippen LogP contribution in [-0.4, -0.2) is 15.5 Å². The maximum Gasteiger partial charge on any atom is 0.0605 e. The molecule has 0 spiro atoms. The molecule has 0 aromatic carbocycles. The van der Waals surface area contributed by atoms with Crippen molar-refractivity contribution >= 4 is 12.6 Å². The van der Waals surface area contributed by atoms with Gasteiger partial charge in [-0.15, -0.1) is 0 Å². The number of thiol groups is 1. The smallest absolute Gasteiger partial charge is 0.0605 e. The van der Waals surface area contributed by atoms with Gasteiger partial charge < -0.3 is 5.11 Å². The summed E-state index contributed by atoms with van der Waals surface area (Å²) >= 11 is 5.31. The van der Waals surface area contributed by atoms with Crippen molar-refractivity contribution in [2.24, 2.45) is 39.4 Å². The van der Waals surface area contributed by atoms with E-state index in [2.05, 4.69) is 62.3 Å². The van der Waals surface area contributed by atoms with E-state index in [1.807, 2.05) is 13.8 Å². The molecular formula is C23H44OS. The van der Waals surface area contributed by atoms with E-state index in [1.54, 1.807) is 0 Å². The molecule has 2 saturated carbocycles. The SMILES string of the molecule is CC(C)C1C2C1(C)CC2(C(C)(C)CC(C)(C)C)C(C)(S)CC(C)(C)O. The monoisotopic (exact) mass is 368 g/mol. The van der Waals surface area contributed by atoms with Gasteiger partial charge in [0.05, 0.1) is 5.60 Å². The first-order chi connectivity index (χ1) is 10.8. The molecule has 2 aliphatic rings. The lowest BCUT2D eigenvalue weighted by molar-refractivity contribution is -0.122. The van der Waals surface area contributed by atoms with Crippen LogP contribution in [0.3, 0.4) is 0 Å². The Morgan fingerprint density at radius 1 is 1.00 bits per heavy atom. The molecule has 2 aliphatic carbocycles. The van der Waals surface area contributed by atoms with Crippen molar-refractivity contribution in [3.63, 3.8) is 0 Å². The van der Waals surface area contributed by atoms with E-state index >= 15 is 0 Å². The van der Waals surface area contributed by atoms with Crippen LogP contribution >= 0.6 is 12.6 Å². The quantitative estimate of drug-likeness (QED) is 0.506. The molecule has 0 aromatic rings. The summed E-state index contributed by atoms with van der Waals surface area (Å²) in [6.07, 6.45) is 3.19. The molecule has 0 amide bonds. The number of fused-ring (bicyclic) bond motifs is 1. The van der Waals surface area contributed by atoms with Crippen LogP contribution in [0.25, 0.3) is 0 Å². The van der Waals surface area contributed by atoms with Crippen molar-refractivity contribution in [2.45, 2.75) is 106 Å². The molecule has 0 aromatic heterocycles. The van der Waals surface area contributed by atoms with Gasteiger partial charge in [0.15, 0.2) is 0 Å². The van der Waals surface area contributed by atoms with E-state index in [9.17, 15) is 5.11 Å². The minimum atomic E-state index is -0.685. The minimum absolute atomic E-state index is 0.173. The highest BCUT2D eigenvalue weighted by atomic mass is 32.1. The highest BCUT2D eigenvalue weighted by Gasteiger charge is 2.84. The Labute approximate surface area is 163 Å². The Morgan fingerprint density at radius 3 is 1.80 bits per heavy atom. The lowest BCUT2D eigenvalue weighted by Gasteiger charge is -2.65. The Hall–Kier alpha value is 0.310. The van der Waals surface area contributed by atoms with Crippen LogP contribution in [-0.2, 0) is 0 Å². The zero-order valence-corrected chi connectivity index (χ0v) is 19.6. The molecule has 0 radical (unpaired) electrons. The van der Waals surface area contributed by atoms with Crippen molar-refractivity contribution in [2.75, 3.05) is 0 Å². The van der Waals surface area contributed by atoms with Crippen LogP contribution in [0.4, 0.5) is 0 Å². The van der Waals surface area contributed by atoms with Crippen LogP contribution in [0.1, 0.15) is 95.4 Å². The molecule has 2 rings (SSSR count). The van der Waals surface area contributed by atoms with E-state index in [0.717, 1.165) is 24.2 Å². The summed E-state index contributed by atoms with van der Waals surface area (Å²) in [4.78, 5) is 0. The van der Waals surface area contributed by atoms with Crippen LogP contribution in [0.15, 0.2) is 0 Å². The Kier molecular flexibility index (Phi) is 4.89. The van der Waals surface area contributed by atoms with Crippen molar-refractivity contribution in [3.8, 4) is 0 Å². The van der Waals surface area contributed by atoms with Crippen LogP contribution in [0, 0.1) is 39.4 Å². The fraction of sp³-hybridized carbons (Fsp3) is 1.00. The molecule has 25 heavy (non-hydrogen) atoms. The van der Waals surface area contributed by atoms with Gasteiger partial charge in [0, 0.05) is 4.75 Å². The summed E-state index contributed by atoms with van der Waals surface area (Å²) in [5.41, 5.74) is 0.479. The average molecular weight is 369 g/mol. The summed E-state index contributed by atoms with van der Waals surface area (Å²) in [5, 5.41) is 10.6. The average Bonchev–Trinajstić information content (AvgIpc) is 2.71. The minimum Gasteiger partial charge on any atom is -0.390 e. The van der Waals surface area contributed by atoms with Crippen LogP contribution in [0.2, 0.25) is 0 Å². The third-order valence-corrected chi connectivity index (χ3v) is 8.11. The van der Waals surface area contributed by atoms with E-state index < -0.39 is 5.60 Å². The molecule has 148 valence electrons. The van der Waals surface area contributed by atoms with Gasteiger partial charge >= 0.3 is 0 Å². The second-order valence-electron chi connectivity index (χ2n) is 12.8. The van der Waals surface area contributed by atoms with Crippen molar-refractivity contribution < 1.29 is 5.11 Å². The van der Waals surface area contributed by atoms with Gasteiger partial charge in [-0.05, 0) is 72.5 Å². The predicted octanol–water partition coefficient (Wildman–Crippen LogP) is 6.60. The van der Waals surface area contributed by atoms with Gasteiger partial charge in [0.2, 0.25) is 0 Å². The van der Waals surface area contributed by atoms with Crippen molar-refractivity contribution in [1.29, 1.82) is 0 Å². The molecule has 0 bridgehead atoms. The highest BCUT2D eigenvalue weighted by Crippen LogP contribution is 2.89. The van der Waals surface area contributed by atoms with Crippen LogP contribution < -0.4 is 0 Å². The van der Waals surface area contributed by atoms with Crippen LogP contribution in [0.5, 0.6) is 0 Å². The predicted molar refractivity (Wildman–Crippen MR) is 113 cm³/mol. The molecule has 2 heteroatoms. The summed E-state index contributed by atoms with van der Waals surface area (Å²) in [7, 11) is 0. The lowest BCUT2D eigenvalue weighted by atomic mass is 9.43. The Balaban J connectivity index is 2.49. The molecule has 0 aliphatic heterocycles. The van der Waals surface area contributed by atoms with Gasteiger partial charge in [-0.3, -0.25) is 0 Å². The lowest BCUT2D eigenvalue weighted by Crippen LogP contribution is -2.62. The third-order valence-electron chi connectivity index (χ3n) is 7.55. The number of hydrogen-bond acceptors (Lipinski definition) is 2.